The Labute approximate surface area is 86.2 Å². The van der Waals surface area contributed by atoms with E-state index in [-0.39, 0.29) is 5.97 Å². The zero-order valence-corrected chi connectivity index (χ0v) is 8.69. The molecular weight excluding hydrogens is 208 g/mol. The number of hydrogen-bond donors (Lipinski definition) is 0. The monoisotopic (exact) mass is 216 g/mol. The minimum atomic E-state index is -0.232. The zero-order chi connectivity index (χ0) is 9.68. The lowest BCUT2D eigenvalue weighted by Crippen LogP contribution is -2.02. The number of rotatable bonds is 3. The van der Waals surface area contributed by atoms with Crippen LogP contribution in [-0.4, -0.2) is 18.8 Å². The van der Waals surface area contributed by atoms with Gasteiger partial charge >= 0.3 is 5.97 Å². The summed E-state index contributed by atoms with van der Waals surface area (Å²) in [7, 11) is 1.38. The van der Waals surface area contributed by atoms with E-state index in [2.05, 4.69) is 4.74 Å². The van der Waals surface area contributed by atoms with Crippen molar-refractivity contribution in [3.05, 3.63) is 29.3 Å². The van der Waals surface area contributed by atoms with Crippen molar-refractivity contribution in [3.8, 4) is 0 Å². The molecule has 0 fully saturated rings. The van der Waals surface area contributed by atoms with Gasteiger partial charge in [0.25, 0.3) is 0 Å². The molecule has 0 unspecified atom stereocenters. The third-order valence-electron chi connectivity index (χ3n) is 1.38. The maximum atomic E-state index is 10.8. The first-order valence-corrected chi connectivity index (χ1v) is 5.04. The molecule has 0 saturated heterocycles. The molecule has 4 heteroatoms. The lowest BCUT2D eigenvalue weighted by atomic mass is 10.4. The first-order chi connectivity index (χ1) is 6.22. The van der Waals surface area contributed by atoms with Crippen LogP contribution < -0.4 is 0 Å². The number of carbonyl (C=O) groups is 1. The van der Waals surface area contributed by atoms with Crippen LogP contribution in [0.25, 0.3) is 0 Å². The number of carbonyl (C=O) groups excluding carboxylic acids is 1. The number of halogens is 1. The summed E-state index contributed by atoms with van der Waals surface area (Å²) in [6.07, 6.45) is 0. The lowest BCUT2D eigenvalue weighted by Gasteiger charge is -2.00. The summed E-state index contributed by atoms with van der Waals surface area (Å²) in [5.41, 5.74) is 0. The molecule has 0 saturated carbocycles. The number of esters is 1. The minimum absolute atomic E-state index is 0.232. The molecule has 0 atom stereocenters. The molecular formula is C9H9ClO2S. The molecule has 0 heterocycles. The summed E-state index contributed by atoms with van der Waals surface area (Å²) in [5, 5.41) is 0.676. The molecule has 0 aliphatic rings. The van der Waals surface area contributed by atoms with E-state index in [4.69, 9.17) is 11.6 Å². The maximum absolute atomic E-state index is 10.8. The highest BCUT2D eigenvalue weighted by molar-refractivity contribution is 8.00. The number of hydrogen-bond acceptors (Lipinski definition) is 3. The number of benzene rings is 1. The zero-order valence-electron chi connectivity index (χ0n) is 7.12. The average molecular weight is 217 g/mol. The van der Waals surface area contributed by atoms with Gasteiger partial charge in [0.2, 0.25) is 0 Å². The largest absolute Gasteiger partial charge is 0.468 e. The number of ether oxygens (including phenoxy) is 1. The van der Waals surface area contributed by atoms with E-state index < -0.39 is 0 Å². The molecule has 1 aromatic carbocycles. The second kappa shape index (κ2) is 5.14. The van der Waals surface area contributed by atoms with Crippen molar-refractivity contribution in [2.75, 3.05) is 12.9 Å². The van der Waals surface area contributed by atoms with E-state index in [0.29, 0.717) is 10.8 Å². The van der Waals surface area contributed by atoms with Crippen molar-refractivity contribution in [3.63, 3.8) is 0 Å². The van der Waals surface area contributed by atoms with Gasteiger partial charge in [-0.1, -0.05) is 17.7 Å². The molecule has 2 nitrogen and oxygen atoms in total. The van der Waals surface area contributed by atoms with Gasteiger partial charge in [0.15, 0.2) is 0 Å². The second-order valence-corrected chi connectivity index (χ2v) is 3.81. The molecule has 13 heavy (non-hydrogen) atoms. The first-order valence-electron chi connectivity index (χ1n) is 3.67. The molecule has 1 aromatic rings. The SMILES string of the molecule is COC(=O)CSc1cccc(Cl)c1. The third kappa shape index (κ3) is 3.70. The van der Waals surface area contributed by atoms with Crippen molar-refractivity contribution >= 4 is 29.3 Å². The van der Waals surface area contributed by atoms with Crippen molar-refractivity contribution < 1.29 is 9.53 Å². The Morgan fingerprint density at radius 2 is 2.38 bits per heavy atom. The van der Waals surface area contributed by atoms with Crippen LogP contribution in [-0.2, 0) is 9.53 Å². The molecule has 0 spiro atoms. The Morgan fingerprint density at radius 1 is 1.62 bits per heavy atom. The fraction of sp³-hybridized carbons (Fsp3) is 0.222. The highest BCUT2D eigenvalue weighted by Gasteiger charge is 2.01. The van der Waals surface area contributed by atoms with Crippen LogP contribution in [0.3, 0.4) is 0 Å². The molecule has 0 aliphatic heterocycles. The van der Waals surface area contributed by atoms with Crippen LogP contribution in [0.4, 0.5) is 0 Å². The molecule has 1 rings (SSSR count). The Kier molecular flexibility index (Phi) is 4.12. The maximum Gasteiger partial charge on any atom is 0.315 e. The normalized spacial score (nSPS) is 9.69. The average Bonchev–Trinajstić information content (AvgIpc) is 2.14. The summed E-state index contributed by atoms with van der Waals surface area (Å²) < 4.78 is 4.51. The van der Waals surface area contributed by atoms with Gasteiger partial charge in [0, 0.05) is 9.92 Å². The van der Waals surface area contributed by atoms with Gasteiger partial charge < -0.3 is 4.74 Å². The van der Waals surface area contributed by atoms with Crippen molar-refractivity contribution in [2.45, 2.75) is 4.90 Å². The van der Waals surface area contributed by atoms with E-state index >= 15 is 0 Å². The van der Waals surface area contributed by atoms with Gasteiger partial charge in [0.05, 0.1) is 12.9 Å². The molecule has 0 bridgehead atoms. The van der Waals surface area contributed by atoms with Gasteiger partial charge in [-0.25, -0.2) is 0 Å². The Hall–Kier alpha value is -0.670. The first kappa shape index (κ1) is 10.4. The molecule has 0 aliphatic carbocycles. The van der Waals surface area contributed by atoms with Crippen LogP contribution in [0.15, 0.2) is 29.2 Å². The summed E-state index contributed by atoms with van der Waals surface area (Å²) in [4.78, 5) is 11.8. The Balaban J connectivity index is 2.50. The quantitative estimate of drug-likeness (QED) is 0.574. The fourth-order valence-corrected chi connectivity index (χ4v) is 1.80. The van der Waals surface area contributed by atoms with Crippen molar-refractivity contribution in [2.24, 2.45) is 0 Å². The highest BCUT2D eigenvalue weighted by Crippen LogP contribution is 2.21. The molecule has 0 radical (unpaired) electrons. The highest BCUT2D eigenvalue weighted by atomic mass is 35.5. The summed E-state index contributed by atoms with van der Waals surface area (Å²) >= 11 is 7.17. The van der Waals surface area contributed by atoms with E-state index in [1.807, 2.05) is 18.2 Å². The van der Waals surface area contributed by atoms with Gasteiger partial charge in [-0.3, -0.25) is 4.79 Å². The van der Waals surface area contributed by atoms with E-state index in [1.165, 1.54) is 18.9 Å². The van der Waals surface area contributed by atoms with Crippen molar-refractivity contribution in [1.82, 2.24) is 0 Å². The van der Waals surface area contributed by atoms with Gasteiger partial charge in [-0.15, -0.1) is 11.8 Å². The number of thioether (sulfide) groups is 1. The van der Waals surface area contributed by atoms with Crippen LogP contribution in [0.1, 0.15) is 0 Å². The molecule has 0 amide bonds. The second-order valence-electron chi connectivity index (χ2n) is 2.32. The summed E-state index contributed by atoms with van der Waals surface area (Å²) in [6, 6.07) is 7.36. The molecule has 0 N–H and O–H groups in total. The predicted octanol–water partition coefficient (Wildman–Crippen LogP) is 2.61. The molecule has 0 aromatic heterocycles. The van der Waals surface area contributed by atoms with E-state index in [1.54, 1.807) is 6.07 Å². The predicted molar refractivity (Wildman–Crippen MR) is 54.2 cm³/mol. The van der Waals surface area contributed by atoms with Crippen LogP contribution in [0.5, 0.6) is 0 Å². The van der Waals surface area contributed by atoms with E-state index in [0.717, 1.165) is 4.90 Å². The van der Waals surface area contributed by atoms with E-state index in [9.17, 15) is 4.79 Å². The Morgan fingerprint density at radius 3 is 3.00 bits per heavy atom. The smallest absolute Gasteiger partial charge is 0.315 e. The van der Waals surface area contributed by atoms with Crippen LogP contribution in [0.2, 0.25) is 5.02 Å². The fourth-order valence-electron chi connectivity index (χ4n) is 0.758. The van der Waals surface area contributed by atoms with Crippen LogP contribution >= 0.6 is 23.4 Å². The number of methoxy groups -OCH3 is 1. The van der Waals surface area contributed by atoms with Crippen LogP contribution in [0, 0.1) is 0 Å². The third-order valence-corrected chi connectivity index (χ3v) is 2.58. The molecule has 70 valence electrons. The topological polar surface area (TPSA) is 26.3 Å². The van der Waals surface area contributed by atoms with Crippen molar-refractivity contribution in [1.29, 1.82) is 0 Å². The summed E-state index contributed by atoms with van der Waals surface area (Å²) in [5.74, 6) is 0.0848. The summed E-state index contributed by atoms with van der Waals surface area (Å²) in [6.45, 7) is 0. The van der Waals surface area contributed by atoms with Gasteiger partial charge in [0.1, 0.15) is 0 Å². The lowest BCUT2D eigenvalue weighted by molar-refractivity contribution is -0.137. The van der Waals surface area contributed by atoms with Gasteiger partial charge in [-0.2, -0.15) is 0 Å². The minimum Gasteiger partial charge on any atom is -0.468 e. The Bertz CT molecular complexity index is 301. The van der Waals surface area contributed by atoms with Gasteiger partial charge in [-0.05, 0) is 18.2 Å². The standard InChI is InChI=1S/C9H9ClO2S/c1-12-9(11)6-13-8-4-2-3-7(10)5-8/h2-5H,6H2,1H3.